The van der Waals surface area contributed by atoms with Crippen LogP contribution in [0.1, 0.15) is 17.3 Å². The minimum Gasteiger partial charge on any atom is -0.355 e. The Bertz CT molecular complexity index is 387. The number of halogens is 1. The lowest BCUT2D eigenvalue weighted by Crippen LogP contribution is -2.20. The quantitative estimate of drug-likeness (QED) is 0.789. The molecule has 1 unspecified atom stereocenters. The van der Waals surface area contributed by atoms with E-state index in [-0.39, 0.29) is 11.8 Å². The second-order valence-corrected chi connectivity index (χ2v) is 3.92. The second-order valence-electron chi connectivity index (χ2n) is 3.26. The molecule has 2 N–H and O–H groups in total. The smallest absolute Gasteiger partial charge is 0.251 e. The second kappa shape index (κ2) is 5.51. The van der Waals surface area contributed by atoms with Gasteiger partial charge < -0.3 is 10.6 Å². The van der Waals surface area contributed by atoms with E-state index >= 15 is 0 Å². The van der Waals surface area contributed by atoms with Crippen LogP contribution in [0.2, 0.25) is 0 Å². The largest absolute Gasteiger partial charge is 0.355 e. The SMILES string of the molecule is CNC(=O)c1ccc(NC(=O)C(C)Cl)cc1. The molecule has 0 fully saturated rings. The van der Waals surface area contributed by atoms with Gasteiger partial charge in [0.15, 0.2) is 0 Å². The summed E-state index contributed by atoms with van der Waals surface area (Å²) in [6, 6.07) is 6.57. The first-order valence-corrected chi connectivity index (χ1v) is 5.25. The van der Waals surface area contributed by atoms with Crippen molar-refractivity contribution in [3.05, 3.63) is 29.8 Å². The highest BCUT2D eigenvalue weighted by Gasteiger charge is 2.09. The first-order valence-electron chi connectivity index (χ1n) is 4.81. The third kappa shape index (κ3) is 3.24. The molecule has 0 aromatic heterocycles. The number of benzene rings is 1. The van der Waals surface area contributed by atoms with Crippen molar-refractivity contribution in [2.75, 3.05) is 12.4 Å². The van der Waals surface area contributed by atoms with Gasteiger partial charge in [0.1, 0.15) is 5.38 Å². The van der Waals surface area contributed by atoms with Gasteiger partial charge >= 0.3 is 0 Å². The van der Waals surface area contributed by atoms with E-state index in [1.54, 1.807) is 38.2 Å². The van der Waals surface area contributed by atoms with Gasteiger partial charge in [-0.1, -0.05) is 0 Å². The number of hydrogen-bond acceptors (Lipinski definition) is 2. The molecule has 0 spiro atoms. The summed E-state index contributed by atoms with van der Waals surface area (Å²) in [7, 11) is 1.56. The van der Waals surface area contributed by atoms with Gasteiger partial charge in [0, 0.05) is 18.3 Å². The number of carbonyl (C=O) groups is 2. The number of carbonyl (C=O) groups excluding carboxylic acids is 2. The van der Waals surface area contributed by atoms with Crippen LogP contribution in [0, 0.1) is 0 Å². The summed E-state index contributed by atoms with van der Waals surface area (Å²) in [6.45, 7) is 1.59. The maximum absolute atomic E-state index is 11.3. The number of alkyl halides is 1. The molecule has 0 aliphatic carbocycles. The lowest BCUT2D eigenvalue weighted by atomic mass is 10.2. The average molecular weight is 241 g/mol. The highest BCUT2D eigenvalue weighted by Crippen LogP contribution is 2.10. The van der Waals surface area contributed by atoms with Crippen LogP contribution < -0.4 is 10.6 Å². The molecule has 1 aromatic rings. The molecule has 2 amide bonds. The van der Waals surface area contributed by atoms with Crippen molar-refractivity contribution in [1.82, 2.24) is 5.32 Å². The highest BCUT2D eigenvalue weighted by atomic mass is 35.5. The molecule has 0 radical (unpaired) electrons. The van der Waals surface area contributed by atoms with Gasteiger partial charge in [-0.15, -0.1) is 11.6 Å². The van der Waals surface area contributed by atoms with Gasteiger partial charge in [-0.3, -0.25) is 9.59 Å². The summed E-state index contributed by atoms with van der Waals surface area (Å²) in [4.78, 5) is 22.5. The fraction of sp³-hybridized carbons (Fsp3) is 0.273. The van der Waals surface area contributed by atoms with Gasteiger partial charge in [-0.2, -0.15) is 0 Å². The minimum atomic E-state index is -0.585. The lowest BCUT2D eigenvalue weighted by molar-refractivity contribution is -0.115. The minimum absolute atomic E-state index is 0.163. The number of rotatable bonds is 3. The monoisotopic (exact) mass is 240 g/mol. The van der Waals surface area contributed by atoms with E-state index in [4.69, 9.17) is 11.6 Å². The molecule has 0 heterocycles. The van der Waals surface area contributed by atoms with Crippen molar-refractivity contribution < 1.29 is 9.59 Å². The van der Waals surface area contributed by atoms with E-state index in [9.17, 15) is 9.59 Å². The number of anilines is 1. The van der Waals surface area contributed by atoms with Crippen LogP contribution in [0.25, 0.3) is 0 Å². The molecule has 0 saturated carbocycles. The van der Waals surface area contributed by atoms with Crippen molar-refractivity contribution >= 4 is 29.1 Å². The number of hydrogen-bond donors (Lipinski definition) is 2. The Morgan fingerprint density at radius 3 is 2.25 bits per heavy atom. The number of amides is 2. The summed E-state index contributed by atoms with van der Waals surface area (Å²) in [5.41, 5.74) is 1.16. The van der Waals surface area contributed by atoms with Crippen LogP contribution in [0.15, 0.2) is 24.3 Å². The fourth-order valence-corrected chi connectivity index (χ4v) is 1.15. The van der Waals surface area contributed by atoms with Gasteiger partial charge in [0.05, 0.1) is 0 Å². The first-order chi connectivity index (χ1) is 7.54. The Kier molecular flexibility index (Phi) is 4.31. The molecule has 5 heteroatoms. The van der Waals surface area contributed by atoms with E-state index in [2.05, 4.69) is 10.6 Å². The Hall–Kier alpha value is -1.55. The Labute approximate surface area is 99.0 Å². The van der Waals surface area contributed by atoms with Gasteiger partial charge in [-0.25, -0.2) is 0 Å². The van der Waals surface area contributed by atoms with E-state index in [0.29, 0.717) is 11.3 Å². The summed E-state index contributed by atoms with van der Waals surface area (Å²) in [5, 5.41) is 4.55. The van der Waals surface area contributed by atoms with E-state index in [0.717, 1.165) is 0 Å². The van der Waals surface area contributed by atoms with Crippen LogP contribution in [-0.2, 0) is 4.79 Å². The standard InChI is InChI=1S/C11H13ClN2O2/c1-7(12)10(15)14-9-5-3-8(4-6-9)11(16)13-2/h3-7H,1-2H3,(H,13,16)(H,14,15). The van der Waals surface area contributed by atoms with Crippen LogP contribution in [0.4, 0.5) is 5.69 Å². The molecule has 0 saturated heterocycles. The van der Waals surface area contributed by atoms with E-state index < -0.39 is 5.38 Å². The van der Waals surface area contributed by atoms with Crippen molar-refractivity contribution in [3.63, 3.8) is 0 Å². The molecule has 1 atom stereocenters. The Balaban J connectivity index is 2.72. The van der Waals surface area contributed by atoms with Crippen LogP contribution in [0.3, 0.4) is 0 Å². The number of nitrogens with one attached hydrogen (secondary N) is 2. The van der Waals surface area contributed by atoms with Crippen molar-refractivity contribution in [3.8, 4) is 0 Å². The van der Waals surface area contributed by atoms with Crippen LogP contribution >= 0.6 is 11.6 Å². The summed E-state index contributed by atoms with van der Waals surface area (Å²) >= 11 is 5.61. The summed E-state index contributed by atoms with van der Waals surface area (Å²) in [6.07, 6.45) is 0. The van der Waals surface area contributed by atoms with Crippen molar-refractivity contribution in [2.24, 2.45) is 0 Å². The lowest BCUT2D eigenvalue weighted by Gasteiger charge is -2.07. The van der Waals surface area contributed by atoms with Crippen LogP contribution in [0.5, 0.6) is 0 Å². The molecular formula is C11H13ClN2O2. The molecule has 0 aliphatic rings. The molecule has 0 bridgehead atoms. The molecule has 86 valence electrons. The maximum atomic E-state index is 11.3. The predicted octanol–water partition coefficient (Wildman–Crippen LogP) is 1.61. The third-order valence-electron chi connectivity index (χ3n) is 2.00. The molecule has 1 rings (SSSR count). The molecule has 16 heavy (non-hydrogen) atoms. The van der Waals surface area contributed by atoms with Crippen LogP contribution in [-0.4, -0.2) is 24.2 Å². The van der Waals surface area contributed by atoms with Crippen molar-refractivity contribution in [1.29, 1.82) is 0 Å². The molecular weight excluding hydrogens is 228 g/mol. The zero-order valence-corrected chi connectivity index (χ0v) is 9.84. The highest BCUT2D eigenvalue weighted by molar-refractivity contribution is 6.32. The van der Waals surface area contributed by atoms with Gasteiger partial charge in [-0.05, 0) is 31.2 Å². The summed E-state index contributed by atoms with van der Waals surface area (Å²) < 4.78 is 0. The Morgan fingerprint density at radius 1 is 1.25 bits per heavy atom. The molecule has 1 aromatic carbocycles. The first kappa shape index (κ1) is 12.5. The van der Waals surface area contributed by atoms with E-state index in [1.165, 1.54) is 0 Å². The average Bonchev–Trinajstić information content (AvgIpc) is 2.28. The van der Waals surface area contributed by atoms with E-state index in [1.807, 2.05) is 0 Å². The van der Waals surface area contributed by atoms with Gasteiger partial charge in [0.2, 0.25) is 5.91 Å². The predicted molar refractivity (Wildman–Crippen MR) is 63.8 cm³/mol. The Morgan fingerprint density at radius 2 is 1.81 bits per heavy atom. The molecule has 4 nitrogen and oxygen atoms in total. The zero-order chi connectivity index (χ0) is 12.1. The maximum Gasteiger partial charge on any atom is 0.251 e. The fourth-order valence-electron chi connectivity index (χ4n) is 1.09. The topological polar surface area (TPSA) is 58.2 Å². The third-order valence-corrected chi connectivity index (χ3v) is 2.20. The van der Waals surface area contributed by atoms with Gasteiger partial charge in [0.25, 0.3) is 5.91 Å². The summed E-state index contributed by atoms with van der Waals surface area (Å²) in [5.74, 6) is -0.432. The van der Waals surface area contributed by atoms with Crippen molar-refractivity contribution in [2.45, 2.75) is 12.3 Å². The zero-order valence-electron chi connectivity index (χ0n) is 9.08. The molecule has 0 aliphatic heterocycles. The normalized spacial score (nSPS) is 11.7.